The predicted molar refractivity (Wildman–Crippen MR) is 69.0 cm³/mol. The van der Waals surface area contributed by atoms with Gasteiger partial charge in [-0.15, -0.1) is 0 Å². The standard InChI is InChI=1S/C13H21N3O2/c1-13(2,3)18-12(17)16-10-8-15(9-11-16)7-5-4-6-14/h4-5H,7-11H2,1-3H3/b5-4+. The minimum absolute atomic E-state index is 0.241. The molecule has 1 aliphatic heterocycles. The molecule has 18 heavy (non-hydrogen) atoms. The van der Waals surface area contributed by atoms with Gasteiger partial charge >= 0.3 is 6.09 Å². The molecule has 100 valence electrons. The number of hydrogen-bond acceptors (Lipinski definition) is 4. The van der Waals surface area contributed by atoms with Crippen molar-refractivity contribution in [3.63, 3.8) is 0 Å². The van der Waals surface area contributed by atoms with Gasteiger partial charge in [-0.3, -0.25) is 4.90 Å². The molecule has 0 aromatic heterocycles. The highest BCUT2D eigenvalue weighted by Crippen LogP contribution is 2.11. The van der Waals surface area contributed by atoms with Crippen molar-refractivity contribution in [2.45, 2.75) is 26.4 Å². The average molecular weight is 251 g/mol. The van der Waals surface area contributed by atoms with Crippen molar-refractivity contribution < 1.29 is 9.53 Å². The lowest BCUT2D eigenvalue weighted by molar-refractivity contribution is 0.0154. The number of nitriles is 1. The van der Waals surface area contributed by atoms with Gasteiger partial charge in [0.2, 0.25) is 0 Å². The van der Waals surface area contributed by atoms with E-state index in [1.165, 1.54) is 6.08 Å². The summed E-state index contributed by atoms with van der Waals surface area (Å²) in [4.78, 5) is 15.7. The van der Waals surface area contributed by atoms with Crippen molar-refractivity contribution in [1.29, 1.82) is 5.26 Å². The van der Waals surface area contributed by atoms with Crippen molar-refractivity contribution in [3.8, 4) is 6.07 Å². The van der Waals surface area contributed by atoms with Crippen LogP contribution in [0.2, 0.25) is 0 Å². The molecule has 0 bridgehead atoms. The molecule has 0 radical (unpaired) electrons. The number of carbonyl (C=O) groups is 1. The van der Waals surface area contributed by atoms with Crippen LogP contribution >= 0.6 is 0 Å². The van der Waals surface area contributed by atoms with Gasteiger partial charge in [-0.2, -0.15) is 5.26 Å². The third-order valence-electron chi connectivity index (χ3n) is 2.58. The Morgan fingerprint density at radius 3 is 2.44 bits per heavy atom. The summed E-state index contributed by atoms with van der Waals surface area (Å²) in [7, 11) is 0. The first kappa shape index (κ1) is 14.5. The summed E-state index contributed by atoms with van der Waals surface area (Å²) in [5.74, 6) is 0. The summed E-state index contributed by atoms with van der Waals surface area (Å²) in [6, 6.07) is 1.97. The predicted octanol–water partition coefficient (Wildman–Crippen LogP) is 1.62. The average Bonchev–Trinajstić information content (AvgIpc) is 2.28. The fourth-order valence-electron chi connectivity index (χ4n) is 1.69. The maximum absolute atomic E-state index is 11.8. The van der Waals surface area contributed by atoms with Crippen LogP contribution in [0.15, 0.2) is 12.2 Å². The van der Waals surface area contributed by atoms with Crippen molar-refractivity contribution in [1.82, 2.24) is 9.80 Å². The molecule has 1 rings (SSSR count). The van der Waals surface area contributed by atoms with Crippen LogP contribution in [-0.4, -0.2) is 54.2 Å². The highest BCUT2D eigenvalue weighted by molar-refractivity contribution is 5.68. The van der Waals surface area contributed by atoms with Gasteiger partial charge in [-0.1, -0.05) is 6.08 Å². The molecule has 1 saturated heterocycles. The van der Waals surface area contributed by atoms with Gasteiger partial charge < -0.3 is 9.64 Å². The summed E-state index contributed by atoms with van der Waals surface area (Å²) in [5.41, 5.74) is -0.441. The van der Waals surface area contributed by atoms with Crippen LogP contribution in [0.5, 0.6) is 0 Å². The lowest BCUT2D eigenvalue weighted by Gasteiger charge is -2.35. The van der Waals surface area contributed by atoms with E-state index in [1.807, 2.05) is 32.9 Å². The molecule has 0 unspecified atom stereocenters. The number of carbonyl (C=O) groups excluding carboxylic acids is 1. The normalized spacial score (nSPS) is 17.8. The molecule has 1 aliphatic rings. The van der Waals surface area contributed by atoms with Crippen LogP contribution in [0.3, 0.4) is 0 Å². The maximum atomic E-state index is 11.8. The van der Waals surface area contributed by atoms with Gasteiger partial charge in [0.1, 0.15) is 5.60 Å². The van der Waals surface area contributed by atoms with E-state index >= 15 is 0 Å². The Bertz CT molecular complexity index is 344. The van der Waals surface area contributed by atoms with E-state index in [1.54, 1.807) is 4.90 Å². The molecule has 0 aromatic carbocycles. The van der Waals surface area contributed by atoms with Crippen LogP contribution in [0.4, 0.5) is 4.79 Å². The summed E-state index contributed by atoms with van der Waals surface area (Å²) >= 11 is 0. The second-order valence-electron chi connectivity index (χ2n) is 5.30. The molecular formula is C13H21N3O2. The summed E-state index contributed by atoms with van der Waals surface area (Å²) < 4.78 is 5.32. The Labute approximate surface area is 109 Å². The van der Waals surface area contributed by atoms with Crippen LogP contribution in [0.1, 0.15) is 20.8 Å². The molecular weight excluding hydrogens is 230 g/mol. The molecule has 1 fully saturated rings. The molecule has 0 aromatic rings. The Morgan fingerprint density at radius 2 is 1.94 bits per heavy atom. The minimum atomic E-state index is -0.441. The van der Waals surface area contributed by atoms with E-state index in [4.69, 9.17) is 10.00 Å². The molecule has 0 saturated carbocycles. The minimum Gasteiger partial charge on any atom is -0.444 e. The summed E-state index contributed by atoms with van der Waals surface area (Å²) in [5, 5.41) is 8.39. The Morgan fingerprint density at radius 1 is 1.33 bits per heavy atom. The topological polar surface area (TPSA) is 56.6 Å². The molecule has 1 amide bonds. The van der Waals surface area contributed by atoms with Gasteiger partial charge in [0, 0.05) is 38.8 Å². The molecule has 0 atom stereocenters. The quantitative estimate of drug-likeness (QED) is 0.700. The number of hydrogen-bond donors (Lipinski definition) is 0. The zero-order valence-corrected chi connectivity index (χ0v) is 11.3. The number of piperazine rings is 1. The zero-order chi connectivity index (χ0) is 13.6. The van der Waals surface area contributed by atoms with Gasteiger partial charge in [-0.05, 0) is 20.8 Å². The smallest absolute Gasteiger partial charge is 0.410 e. The molecule has 0 spiro atoms. The third-order valence-corrected chi connectivity index (χ3v) is 2.58. The summed E-state index contributed by atoms with van der Waals surface area (Å²) in [6.07, 6.45) is 3.08. The molecule has 0 aliphatic carbocycles. The van der Waals surface area contributed by atoms with Crippen LogP contribution in [0.25, 0.3) is 0 Å². The van der Waals surface area contributed by atoms with Crippen LogP contribution < -0.4 is 0 Å². The van der Waals surface area contributed by atoms with E-state index in [0.29, 0.717) is 13.1 Å². The fraction of sp³-hybridized carbons (Fsp3) is 0.692. The number of ether oxygens (including phenoxy) is 1. The van der Waals surface area contributed by atoms with Crippen LogP contribution in [-0.2, 0) is 4.74 Å². The van der Waals surface area contributed by atoms with Crippen molar-refractivity contribution in [2.75, 3.05) is 32.7 Å². The van der Waals surface area contributed by atoms with Gasteiger partial charge in [0.05, 0.1) is 6.07 Å². The van der Waals surface area contributed by atoms with E-state index < -0.39 is 5.60 Å². The van der Waals surface area contributed by atoms with E-state index in [-0.39, 0.29) is 6.09 Å². The third kappa shape index (κ3) is 5.19. The lowest BCUT2D eigenvalue weighted by Crippen LogP contribution is -2.49. The second-order valence-corrected chi connectivity index (χ2v) is 5.30. The van der Waals surface area contributed by atoms with Crippen LogP contribution in [0, 0.1) is 11.3 Å². The Kier molecular flexibility index (Phi) is 5.17. The van der Waals surface area contributed by atoms with E-state index in [2.05, 4.69) is 4.90 Å². The summed E-state index contributed by atoms with van der Waals surface area (Å²) in [6.45, 7) is 9.35. The molecule has 5 heteroatoms. The van der Waals surface area contributed by atoms with Crippen molar-refractivity contribution in [3.05, 3.63) is 12.2 Å². The number of allylic oxidation sites excluding steroid dienone is 1. The SMILES string of the molecule is CC(C)(C)OC(=O)N1CCN(C/C=C/C#N)CC1. The largest absolute Gasteiger partial charge is 0.444 e. The van der Waals surface area contributed by atoms with Gasteiger partial charge in [0.15, 0.2) is 0 Å². The second kappa shape index (κ2) is 6.41. The van der Waals surface area contributed by atoms with E-state index in [9.17, 15) is 4.79 Å². The maximum Gasteiger partial charge on any atom is 0.410 e. The number of rotatable bonds is 2. The first-order chi connectivity index (χ1) is 8.42. The lowest BCUT2D eigenvalue weighted by atomic mass is 10.2. The Hall–Kier alpha value is -1.54. The first-order valence-electron chi connectivity index (χ1n) is 6.17. The zero-order valence-electron chi connectivity index (χ0n) is 11.3. The molecule has 5 nitrogen and oxygen atoms in total. The van der Waals surface area contributed by atoms with Crippen molar-refractivity contribution in [2.24, 2.45) is 0 Å². The highest BCUT2D eigenvalue weighted by Gasteiger charge is 2.25. The number of nitrogens with zero attached hydrogens (tertiary/aromatic N) is 3. The molecule has 1 heterocycles. The van der Waals surface area contributed by atoms with Gasteiger partial charge in [-0.25, -0.2) is 4.79 Å². The first-order valence-corrected chi connectivity index (χ1v) is 6.17. The van der Waals surface area contributed by atoms with E-state index in [0.717, 1.165) is 19.6 Å². The molecule has 0 N–H and O–H groups in total. The monoisotopic (exact) mass is 251 g/mol. The Balaban J connectivity index is 2.33. The van der Waals surface area contributed by atoms with Gasteiger partial charge in [0.25, 0.3) is 0 Å². The van der Waals surface area contributed by atoms with Crippen molar-refractivity contribution >= 4 is 6.09 Å². The highest BCUT2D eigenvalue weighted by atomic mass is 16.6. The number of amides is 1. The fourth-order valence-corrected chi connectivity index (χ4v) is 1.69.